The molecule has 0 saturated heterocycles. The van der Waals surface area contributed by atoms with Crippen LogP contribution < -0.4 is 10.1 Å². The molecule has 1 N–H and O–H groups in total. The molecule has 0 atom stereocenters. The van der Waals surface area contributed by atoms with Crippen molar-refractivity contribution >= 4 is 39.8 Å². The van der Waals surface area contributed by atoms with Crippen LogP contribution in [0.3, 0.4) is 0 Å². The largest absolute Gasteiger partial charge is 0.492 e. The Bertz CT molecular complexity index is 845. The molecule has 32 heavy (non-hydrogen) atoms. The SMILES string of the molecule is CCOc1ccccc1Nc1nnc(SCC(=O)N(C2CCCCC2)C2CCCCC2)s1. The minimum atomic E-state index is 0.278. The molecule has 4 rings (SSSR count). The summed E-state index contributed by atoms with van der Waals surface area (Å²) in [6.45, 7) is 2.58. The van der Waals surface area contributed by atoms with Crippen molar-refractivity contribution in [2.24, 2.45) is 0 Å². The molecule has 6 nitrogen and oxygen atoms in total. The van der Waals surface area contributed by atoms with Gasteiger partial charge in [0.05, 0.1) is 18.0 Å². The fourth-order valence-corrected chi connectivity index (χ4v) is 6.54. The molecule has 2 aliphatic rings. The van der Waals surface area contributed by atoms with Gasteiger partial charge >= 0.3 is 0 Å². The van der Waals surface area contributed by atoms with Gasteiger partial charge in [-0.2, -0.15) is 0 Å². The Morgan fingerprint density at radius 3 is 2.38 bits per heavy atom. The van der Waals surface area contributed by atoms with E-state index in [1.807, 2.05) is 31.2 Å². The van der Waals surface area contributed by atoms with Gasteiger partial charge in [-0.05, 0) is 44.7 Å². The highest BCUT2D eigenvalue weighted by molar-refractivity contribution is 8.01. The van der Waals surface area contributed by atoms with Crippen LogP contribution in [0.15, 0.2) is 28.6 Å². The fourth-order valence-electron chi connectivity index (χ4n) is 4.91. The Hall–Kier alpha value is -1.80. The lowest BCUT2D eigenvalue weighted by molar-refractivity contribution is -0.135. The molecule has 8 heteroatoms. The molecule has 0 spiro atoms. The fraction of sp³-hybridized carbons (Fsp3) is 0.625. The Morgan fingerprint density at radius 2 is 1.72 bits per heavy atom. The van der Waals surface area contributed by atoms with Crippen LogP contribution in [-0.4, -0.2) is 45.4 Å². The van der Waals surface area contributed by atoms with Gasteiger partial charge in [0, 0.05) is 12.1 Å². The third-order valence-electron chi connectivity index (χ3n) is 6.38. The monoisotopic (exact) mass is 474 g/mol. The van der Waals surface area contributed by atoms with Gasteiger partial charge in [0.2, 0.25) is 11.0 Å². The van der Waals surface area contributed by atoms with Gasteiger partial charge < -0.3 is 15.0 Å². The highest BCUT2D eigenvalue weighted by atomic mass is 32.2. The van der Waals surface area contributed by atoms with Gasteiger partial charge in [-0.25, -0.2) is 0 Å². The number of nitrogens with one attached hydrogen (secondary N) is 1. The van der Waals surface area contributed by atoms with E-state index in [2.05, 4.69) is 20.4 Å². The second kappa shape index (κ2) is 11.9. The molecule has 1 heterocycles. The lowest BCUT2D eigenvalue weighted by Gasteiger charge is -2.41. The number of para-hydroxylation sites is 2. The molecule has 0 unspecified atom stereocenters. The summed E-state index contributed by atoms with van der Waals surface area (Å²) in [5, 5.41) is 12.6. The number of hydrogen-bond acceptors (Lipinski definition) is 7. The van der Waals surface area contributed by atoms with Crippen LogP contribution in [0.1, 0.15) is 71.1 Å². The quantitative estimate of drug-likeness (QED) is 0.432. The van der Waals surface area contributed by atoms with E-state index in [1.165, 1.54) is 87.3 Å². The second-order valence-corrected chi connectivity index (χ2v) is 10.8. The number of hydrogen-bond donors (Lipinski definition) is 1. The van der Waals surface area contributed by atoms with E-state index in [4.69, 9.17) is 4.74 Å². The molecule has 0 aliphatic heterocycles. The zero-order valence-corrected chi connectivity index (χ0v) is 20.6. The number of benzene rings is 1. The van der Waals surface area contributed by atoms with Gasteiger partial charge in [0.1, 0.15) is 5.75 Å². The Balaban J connectivity index is 1.37. The summed E-state index contributed by atoms with van der Waals surface area (Å²) >= 11 is 3.00. The molecule has 2 aliphatic carbocycles. The summed E-state index contributed by atoms with van der Waals surface area (Å²) < 4.78 is 6.50. The highest BCUT2D eigenvalue weighted by Gasteiger charge is 2.32. The van der Waals surface area contributed by atoms with E-state index < -0.39 is 0 Å². The van der Waals surface area contributed by atoms with Crippen LogP contribution in [0.4, 0.5) is 10.8 Å². The van der Waals surface area contributed by atoms with Crippen molar-refractivity contribution in [3.05, 3.63) is 24.3 Å². The number of aromatic nitrogens is 2. The maximum absolute atomic E-state index is 13.4. The zero-order valence-electron chi connectivity index (χ0n) is 18.9. The Labute approximate surface area is 199 Å². The van der Waals surface area contributed by atoms with E-state index in [0.29, 0.717) is 29.6 Å². The Kier molecular flexibility index (Phi) is 8.68. The Morgan fingerprint density at radius 1 is 1.06 bits per heavy atom. The number of carbonyl (C=O) groups excluding carboxylic acids is 1. The maximum Gasteiger partial charge on any atom is 0.233 e. The predicted molar refractivity (Wildman–Crippen MR) is 132 cm³/mol. The van der Waals surface area contributed by atoms with Gasteiger partial charge in [0.25, 0.3) is 0 Å². The van der Waals surface area contributed by atoms with Crippen LogP contribution in [0.25, 0.3) is 0 Å². The molecule has 2 saturated carbocycles. The molecule has 0 bridgehead atoms. The smallest absolute Gasteiger partial charge is 0.233 e. The topological polar surface area (TPSA) is 67.3 Å². The average Bonchev–Trinajstić information content (AvgIpc) is 3.28. The first-order chi connectivity index (χ1) is 15.7. The third-order valence-corrected chi connectivity index (χ3v) is 8.34. The zero-order chi connectivity index (χ0) is 22.2. The van der Waals surface area contributed by atoms with Crippen molar-refractivity contribution < 1.29 is 9.53 Å². The number of thioether (sulfide) groups is 1. The molecule has 1 aromatic carbocycles. The van der Waals surface area contributed by atoms with Crippen LogP contribution in [0, 0.1) is 0 Å². The summed E-state index contributed by atoms with van der Waals surface area (Å²) in [6.07, 6.45) is 12.3. The van der Waals surface area contributed by atoms with Crippen molar-refractivity contribution in [2.45, 2.75) is 87.6 Å². The number of ether oxygens (including phenoxy) is 1. The first kappa shape index (κ1) is 23.4. The number of amides is 1. The van der Waals surface area contributed by atoms with Crippen LogP contribution in [0.5, 0.6) is 5.75 Å². The van der Waals surface area contributed by atoms with Crippen molar-refractivity contribution in [3.63, 3.8) is 0 Å². The minimum absolute atomic E-state index is 0.278. The standard InChI is InChI=1S/C24H34N4O2S2/c1-2-30-21-16-10-9-15-20(21)25-23-26-27-24(32-23)31-17-22(29)28(18-11-5-3-6-12-18)19-13-7-4-8-14-19/h9-10,15-16,18-19H,2-8,11-14,17H2,1H3,(H,25,26). The molecule has 0 radical (unpaired) electrons. The predicted octanol–water partition coefficient (Wildman–Crippen LogP) is 6.27. The van der Waals surface area contributed by atoms with Crippen molar-refractivity contribution in [2.75, 3.05) is 17.7 Å². The van der Waals surface area contributed by atoms with Crippen LogP contribution in [-0.2, 0) is 4.79 Å². The minimum Gasteiger partial charge on any atom is -0.492 e. The first-order valence-corrected chi connectivity index (χ1v) is 13.8. The number of carbonyl (C=O) groups is 1. The van der Waals surface area contributed by atoms with Gasteiger partial charge in [-0.15, -0.1) is 10.2 Å². The molecule has 174 valence electrons. The van der Waals surface area contributed by atoms with Gasteiger partial charge in [0.15, 0.2) is 4.34 Å². The summed E-state index contributed by atoms with van der Waals surface area (Å²) in [5.41, 5.74) is 0.874. The van der Waals surface area contributed by atoms with E-state index in [0.717, 1.165) is 15.8 Å². The summed E-state index contributed by atoms with van der Waals surface area (Å²) in [6, 6.07) is 8.68. The van der Waals surface area contributed by atoms with Crippen LogP contribution in [0.2, 0.25) is 0 Å². The molecular formula is C24H34N4O2S2. The molecule has 2 aromatic rings. The summed E-state index contributed by atoms with van der Waals surface area (Å²) in [4.78, 5) is 15.6. The maximum atomic E-state index is 13.4. The lowest BCUT2D eigenvalue weighted by Crippen LogP contribution is -2.49. The van der Waals surface area contributed by atoms with E-state index in [9.17, 15) is 4.79 Å². The first-order valence-electron chi connectivity index (χ1n) is 12.0. The van der Waals surface area contributed by atoms with Crippen molar-refractivity contribution in [1.29, 1.82) is 0 Å². The van der Waals surface area contributed by atoms with E-state index in [-0.39, 0.29) is 5.91 Å². The second-order valence-electron chi connectivity index (χ2n) is 8.60. The summed E-state index contributed by atoms with van der Waals surface area (Å²) in [7, 11) is 0. The average molecular weight is 475 g/mol. The number of nitrogens with zero attached hydrogens (tertiary/aromatic N) is 3. The van der Waals surface area contributed by atoms with Gasteiger partial charge in [-0.1, -0.05) is 73.8 Å². The molecule has 1 aromatic heterocycles. The van der Waals surface area contributed by atoms with Crippen molar-refractivity contribution in [3.8, 4) is 5.75 Å². The lowest BCUT2D eigenvalue weighted by atomic mass is 9.88. The normalized spacial score (nSPS) is 17.8. The van der Waals surface area contributed by atoms with Crippen LogP contribution >= 0.6 is 23.1 Å². The van der Waals surface area contributed by atoms with Gasteiger partial charge in [-0.3, -0.25) is 4.79 Å². The molecular weight excluding hydrogens is 440 g/mol. The van der Waals surface area contributed by atoms with E-state index in [1.54, 1.807) is 0 Å². The van der Waals surface area contributed by atoms with E-state index >= 15 is 0 Å². The van der Waals surface area contributed by atoms with Crippen molar-refractivity contribution in [1.82, 2.24) is 15.1 Å². The molecule has 1 amide bonds. The number of anilines is 2. The number of rotatable bonds is 9. The molecule has 2 fully saturated rings. The summed E-state index contributed by atoms with van der Waals surface area (Å²) in [5.74, 6) is 1.52. The highest BCUT2D eigenvalue weighted by Crippen LogP contribution is 2.34. The third kappa shape index (κ3) is 6.16.